The zero-order valence-electron chi connectivity index (χ0n) is 12.3. The highest BCUT2D eigenvalue weighted by Crippen LogP contribution is 2.24. The molecule has 20 heavy (non-hydrogen) atoms. The Morgan fingerprint density at radius 3 is 2.45 bits per heavy atom. The Morgan fingerprint density at radius 1 is 1.20 bits per heavy atom. The molecule has 108 valence electrons. The summed E-state index contributed by atoms with van der Waals surface area (Å²) in [6, 6.07) is 9.97. The number of aliphatic hydroxyl groups excluding tert-OH is 1. The van der Waals surface area contributed by atoms with Crippen molar-refractivity contribution in [3.8, 4) is 0 Å². The fourth-order valence-electron chi connectivity index (χ4n) is 1.95. The highest BCUT2D eigenvalue weighted by molar-refractivity contribution is 5.45. The average Bonchev–Trinajstić information content (AvgIpc) is 2.88. The molecule has 0 unspecified atom stereocenters. The van der Waals surface area contributed by atoms with Crippen LogP contribution < -0.4 is 4.90 Å². The van der Waals surface area contributed by atoms with E-state index in [0.29, 0.717) is 19.0 Å². The summed E-state index contributed by atoms with van der Waals surface area (Å²) in [5.41, 5.74) is 1.01. The van der Waals surface area contributed by atoms with Crippen LogP contribution in [0.2, 0.25) is 0 Å². The summed E-state index contributed by atoms with van der Waals surface area (Å²) in [5, 5.41) is 9.22. The summed E-state index contributed by atoms with van der Waals surface area (Å²) in [6.45, 7) is 7.50. The lowest BCUT2D eigenvalue weighted by atomic mass is 9.94. The number of nitrogens with zero attached hydrogens (tertiary/aromatic N) is 2. The molecule has 4 nitrogen and oxygen atoms in total. The van der Waals surface area contributed by atoms with Crippen LogP contribution in [0.4, 0.5) is 5.69 Å². The van der Waals surface area contributed by atoms with Gasteiger partial charge in [0.25, 0.3) is 0 Å². The topological polar surface area (TPSA) is 49.5 Å². The summed E-state index contributed by atoms with van der Waals surface area (Å²) >= 11 is 0. The molecule has 0 saturated carbocycles. The third-order valence-corrected chi connectivity index (χ3v) is 3.11. The van der Waals surface area contributed by atoms with Crippen molar-refractivity contribution in [3.05, 3.63) is 48.2 Å². The largest absolute Gasteiger partial charge is 0.443 e. The molecule has 1 N–H and O–H groups in total. The van der Waals surface area contributed by atoms with Gasteiger partial charge >= 0.3 is 0 Å². The van der Waals surface area contributed by atoms with E-state index < -0.39 is 0 Å². The first-order valence-corrected chi connectivity index (χ1v) is 6.87. The second-order valence-corrected chi connectivity index (χ2v) is 5.85. The van der Waals surface area contributed by atoms with E-state index in [1.807, 2.05) is 30.3 Å². The molecule has 0 bridgehead atoms. The third-order valence-electron chi connectivity index (χ3n) is 3.11. The normalized spacial score (nSPS) is 11.6. The summed E-state index contributed by atoms with van der Waals surface area (Å²) in [4.78, 5) is 6.39. The number of rotatable bonds is 5. The van der Waals surface area contributed by atoms with E-state index in [2.05, 4.69) is 30.7 Å². The summed E-state index contributed by atoms with van der Waals surface area (Å²) in [6.07, 6.45) is 1.79. The first kappa shape index (κ1) is 14.6. The molecule has 0 amide bonds. The Morgan fingerprint density at radius 2 is 1.90 bits per heavy atom. The van der Waals surface area contributed by atoms with E-state index in [1.54, 1.807) is 6.20 Å². The Labute approximate surface area is 120 Å². The molecule has 0 saturated heterocycles. The number of aliphatic hydroxyl groups is 1. The molecule has 1 aromatic carbocycles. The molecule has 1 heterocycles. The molecule has 1 aromatic heterocycles. The Balaban J connectivity index is 2.15. The van der Waals surface area contributed by atoms with Crippen LogP contribution in [0.5, 0.6) is 0 Å². The molecule has 0 fully saturated rings. The second kappa shape index (κ2) is 6.09. The van der Waals surface area contributed by atoms with Crippen LogP contribution in [0.3, 0.4) is 0 Å². The molecular weight excluding hydrogens is 252 g/mol. The van der Waals surface area contributed by atoms with E-state index in [4.69, 9.17) is 4.42 Å². The molecule has 0 atom stereocenters. The number of hydrogen-bond donors (Lipinski definition) is 1. The third kappa shape index (κ3) is 3.61. The van der Waals surface area contributed by atoms with Gasteiger partial charge in [-0.15, -0.1) is 0 Å². The van der Waals surface area contributed by atoms with Crippen LogP contribution in [-0.2, 0) is 12.0 Å². The number of hydrogen-bond acceptors (Lipinski definition) is 4. The smallest absolute Gasteiger partial charge is 0.213 e. The standard InChI is InChI=1S/C16H22N2O2/c1-16(2,3)14-11-17-15(20-14)12-18(9-10-19)13-7-5-4-6-8-13/h4-8,11,19H,9-10,12H2,1-3H3. The van der Waals surface area contributed by atoms with Gasteiger partial charge < -0.3 is 14.4 Å². The van der Waals surface area contributed by atoms with Crippen LogP contribution in [-0.4, -0.2) is 23.2 Å². The lowest BCUT2D eigenvalue weighted by molar-refractivity contribution is 0.298. The number of aromatic nitrogens is 1. The molecule has 0 spiro atoms. The molecular formula is C16H22N2O2. The lowest BCUT2D eigenvalue weighted by Crippen LogP contribution is -2.26. The highest BCUT2D eigenvalue weighted by Gasteiger charge is 2.20. The lowest BCUT2D eigenvalue weighted by Gasteiger charge is -2.22. The number of benzene rings is 1. The fraction of sp³-hybridized carbons (Fsp3) is 0.438. The van der Waals surface area contributed by atoms with Crippen molar-refractivity contribution in [2.45, 2.75) is 32.7 Å². The molecule has 0 aliphatic rings. The van der Waals surface area contributed by atoms with Gasteiger partial charge in [0.05, 0.1) is 19.3 Å². The van der Waals surface area contributed by atoms with Crippen molar-refractivity contribution in [1.29, 1.82) is 0 Å². The maximum Gasteiger partial charge on any atom is 0.213 e. The summed E-state index contributed by atoms with van der Waals surface area (Å²) in [7, 11) is 0. The SMILES string of the molecule is CC(C)(C)c1cnc(CN(CCO)c2ccccc2)o1. The van der Waals surface area contributed by atoms with Crippen molar-refractivity contribution in [2.24, 2.45) is 0 Å². The Kier molecular flexibility index (Phi) is 4.45. The minimum Gasteiger partial charge on any atom is -0.443 e. The quantitative estimate of drug-likeness (QED) is 0.910. The van der Waals surface area contributed by atoms with E-state index in [0.717, 1.165) is 11.4 Å². The van der Waals surface area contributed by atoms with Crippen molar-refractivity contribution in [3.63, 3.8) is 0 Å². The molecule has 4 heteroatoms. The van der Waals surface area contributed by atoms with Crippen LogP contribution >= 0.6 is 0 Å². The van der Waals surface area contributed by atoms with Gasteiger partial charge in [-0.3, -0.25) is 0 Å². The molecule has 2 rings (SSSR count). The van der Waals surface area contributed by atoms with Crippen molar-refractivity contribution < 1.29 is 9.52 Å². The number of anilines is 1. The van der Waals surface area contributed by atoms with Gasteiger partial charge in [0.1, 0.15) is 5.76 Å². The Bertz CT molecular complexity index is 529. The van der Waals surface area contributed by atoms with Crippen molar-refractivity contribution in [2.75, 3.05) is 18.1 Å². The van der Waals surface area contributed by atoms with Crippen molar-refractivity contribution >= 4 is 5.69 Å². The van der Waals surface area contributed by atoms with Gasteiger partial charge in [0, 0.05) is 17.6 Å². The van der Waals surface area contributed by atoms with Crippen LogP contribution in [0.15, 0.2) is 40.9 Å². The van der Waals surface area contributed by atoms with Gasteiger partial charge in [-0.25, -0.2) is 4.98 Å². The summed E-state index contributed by atoms with van der Waals surface area (Å²) in [5.74, 6) is 1.55. The van der Waals surface area contributed by atoms with Crippen LogP contribution in [0.25, 0.3) is 0 Å². The van der Waals surface area contributed by atoms with Gasteiger partial charge in [-0.1, -0.05) is 39.0 Å². The highest BCUT2D eigenvalue weighted by atomic mass is 16.4. The second-order valence-electron chi connectivity index (χ2n) is 5.85. The van der Waals surface area contributed by atoms with E-state index in [9.17, 15) is 5.11 Å². The summed E-state index contributed by atoms with van der Waals surface area (Å²) < 4.78 is 5.81. The number of oxazole rings is 1. The molecule has 0 radical (unpaired) electrons. The first-order chi connectivity index (χ1) is 9.50. The predicted molar refractivity (Wildman–Crippen MR) is 79.8 cm³/mol. The van der Waals surface area contributed by atoms with E-state index in [-0.39, 0.29) is 12.0 Å². The van der Waals surface area contributed by atoms with Gasteiger partial charge in [-0.05, 0) is 12.1 Å². The van der Waals surface area contributed by atoms with Gasteiger partial charge in [0.15, 0.2) is 0 Å². The van der Waals surface area contributed by atoms with Crippen molar-refractivity contribution in [1.82, 2.24) is 4.98 Å². The minimum atomic E-state index is -0.0419. The number of para-hydroxylation sites is 1. The monoisotopic (exact) mass is 274 g/mol. The van der Waals surface area contributed by atoms with E-state index in [1.165, 1.54) is 0 Å². The zero-order chi connectivity index (χ0) is 14.6. The Hall–Kier alpha value is -1.81. The predicted octanol–water partition coefficient (Wildman–Crippen LogP) is 2.97. The van der Waals surface area contributed by atoms with Crippen LogP contribution in [0.1, 0.15) is 32.4 Å². The fourth-order valence-corrected chi connectivity index (χ4v) is 1.95. The maximum atomic E-state index is 9.22. The molecule has 0 aliphatic carbocycles. The first-order valence-electron chi connectivity index (χ1n) is 6.87. The van der Waals surface area contributed by atoms with E-state index >= 15 is 0 Å². The maximum absolute atomic E-state index is 9.22. The molecule has 2 aromatic rings. The zero-order valence-corrected chi connectivity index (χ0v) is 12.3. The molecule has 0 aliphatic heterocycles. The van der Waals surface area contributed by atoms with Gasteiger partial charge in [0.2, 0.25) is 5.89 Å². The average molecular weight is 274 g/mol. The van der Waals surface area contributed by atoms with Gasteiger partial charge in [-0.2, -0.15) is 0 Å². The minimum absolute atomic E-state index is 0.0419. The van der Waals surface area contributed by atoms with Crippen LogP contribution in [0, 0.1) is 0 Å².